The second-order valence-corrected chi connectivity index (χ2v) is 4.58. The van der Waals surface area contributed by atoms with Gasteiger partial charge in [0.1, 0.15) is 11.3 Å². The Morgan fingerprint density at radius 2 is 1.89 bits per heavy atom. The summed E-state index contributed by atoms with van der Waals surface area (Å²) in [5.41, 5.74) is -2.88. The Bertz CT molecular complexity index is 455. The van der Waals surface area contributed by atoms with E-state index < -0.39 is 48.5 Å². The second kappa shape index (κ2) is 4.38. The summed E-state index contributed by atoms with van der Waals surface area (Å²) in [6, 6.07) is 0. The summed E-state index contributed by atoms with van der Waals surface area (Å²) < 4.78 is 88.1. The summed E-state index contributed by atoms with van der Waals surface area (Å²) in [6.45, 7) is -0.217. The highest BCUT2D eigenvalue weighted by Crippen LogP contribution is 2.43. The van der Waals surface area contributed by atoms with Crippen molar-refractivity contribution in [2.75, 3.05) is 0 Å². The minimum atomic E-state index is -4.94. The third-order valence-electron chi connectivity index (χ3n) is 2.92. The molecule has 0 aromatic carbocycles. The fraction of sp³-hybridized carbons (Fsp3) is 0.700. The average molecular weight is 290 g/mol. The van der Waals surface area contributed by atoms with Gasteiger partial charge in [0.2, 0.25) is 5.92 Å². The number of aromatic nitrogens is 2. The Kier molecular flexibility index (Phi) is 3.26. The molecule has 0 saturated heterocycles. The predicted octanol–water partition coefficient (Wildman–Crippen LogP) is 3.88. The van der Waals surface area contributed by atoms with Crippen LogP contribution in [0.15, 0.2) is 6.20 Å². The van der Waals surface area contributed by atoms with Gasteiger partial charge in [0.15, 0.2) is 0 Å². The van der Waals surface area contributed by atoms with Crippen LogP contribution in [-0.4, -0.2) is 15.7 Å². The molecule has 1 aliphatic rings. The van der Waals surface area contributed by atoms with Gasteiger partial charge in [-0.1, -0.05) is 0 Å². The van der Waals surface area contributed by atoms with E-state index in [1.54, 1.807) is 0 Å². The smallest absolute Gasteiger partial charge is 0.271 e. The molecule has 2 rings (SSSR count). The van der Waals surface area contributed by atoms with Gasteiger partial charge in [0.25, 0.3) is 6.43 Å². The van der Waals surface area contributed by atoms with E-state index in [2.05, 4.69) is 5.10 Å². The maximum Gasteiger partial charge on any atom is 0.419 e. The molecule has 0 amide bonds. The van der Waals surface area contributed by atoms with Crippen molar-refractivity contribution in [1.29, 1.82) is 0 Å². The van der Waals surface area contributed by atoms with Gasteiger partial charge in [-0.3, -0.25) is 4.68 Å². The van der Waals surface area contributed by atoms with E-state index in [9.17, 15) is 30.7 Å². The first-order valence-electron chi connectivity index (χ1n) is 5.39. The van der Waals surface area contributed by atoms with Crippen LogP contribution in [0.4, 0.5) is 30.7 Å². The lowest BCUT2D eigenvalue weighted by atomic mass is 9.81. The highest BCUT2D eigenvalue weighted by Gasteiger charge is 2.46. The van der Waals surface area contributed by atoms with Crippen LogP contribution in [0.2, 0.25) is 0 Å². The first-order valence-corrected chi connectivity index (χ1v) is 5.39. The fourth-order valence-electron chi connectivity index (χ4n) is 2.09. The molecule has 1 saturated carbocycles. The fourth-order valence-corrected chi connectivity index (χ4v) is 2.09. The van der Waals surface area contributed by atoms with Gasteiger partial charge in [-0.2, -0.15) is 18.3 Å². The lowest BCUT2D eigenvalue weighted by Crippen LogP contribution is -2.37. The number of nitrogens with zero attached hydrogens (tertiary/aromatic N) is 2. The average Bonchev–Trinajstić information content (AvgIpc) is 2.58. The Morgan fingerprint density at radius 1 is 1.32 bits per heavy atom. The zero-order valence-electron chi connectivity index (χ0n) is 9.39. The highest BCUT2D eigenvalue weighted by molar-refractivity contribution is 5.21. The number of halogens is 7. The monoisotopic (exact) mass is 290 g/mol. The van der Waals surface area contributed by atoms with E-state index in [4.69, 9.17) is 0 Å². The van der Waals surface area contributed by atoms with Crippen molar-refractivity contribution in [3.8, 4) is 0 Å². The molecule has 0 radical (unpaired) electrons. The molecular formula is C10H9F7N2. The van der Waals surface area contributed by atoms with Gasteiger partial charge in [-0.25, -0.2) is 17.6 Å². The molecule has 108 valence electrons. The van der Waals surface area contributed by atoms with Crippen molar-refractivity contribution < 1.29 is 30.7 Å². The predicted molar refractivity (Wildman–Crippen MR) is 49.9 cm³/mol. The molecular weight excluding hydrogens is 281 g/mol. The van der Waals surface area contributed by atoms with Gasteiger partial charge < -0.3 is 0 Å². The van der Waals surface area contributed by atoms with Crippen molar-refractivity contribution >= 4 is 0 Å². The van der Waals surface area contributed by atoms with Gasteiger partial charge in [0.05, 0.1) is 0 Å². The third kappa shape index (κ3) is 3.01. The van der Waals surface area contributed by atoms with Gasteiger partial charge in [-0.05, 0) is 5.92 Å². The van der Waals surface area contributed by atoms with E-state index in [0.29, 0.717) is 10.9 Å². The Balaban J connectivity index is 2.15. The molecule has 19 heavy (non-hydrogen) atoms. The van der Waals surface area contributed by atoms with Gasteiger partial charge in [0, 0.05) is 25.6 Å². The zero-order valence-corrected chi connectivity index (χ0v) is 9.39. The van der Waals surface area contributed by atoms with Crippen LogP contribution >= 0.6 is 0 Å². The Morgan fingerprint density at radius 3 is 2.26 bits per heavy atom. The molecule has 0 unspecified atom stereocenters. The third-order valence-corrected chi connectivity index (χ3v) is 2.92. The van der Waals surface area contributed by atoms with E-state index in [1.165, 1.54) is 0 Å². The summed E-state index contributed by atoms with van der Waals surface area (Å²) in [6.07, 6.45) is -8.78. The first-order chi connectivity index (χ1) is 8.58. The van der Waals surface area contributed by atoms with Gasteiger partial charge in [-0.15, -0.1) is 0 Å². The molecule has 1 aromatic rings. The normalized spacial score (nSPS) is 19.8. The van der Waals surface area contributed by atoms with Crippen molar-refractivity contribution in [3.63, 3.8) is 0 Å². The van der Waals surface area contributed by atoms with E-state index >= 15 is 0 Å². The molecule has 0 N–H and O–H groups in total. The lowest BCUT2D eigenvalue weighted by molar-refractivity contribution is -0.139. The van der Waals surface area contributed by atoms with Crippen LogP contribution in [0.3, 0.4) is 0 Å². The first kappa shape index (κ1) is 14.1. The molecule has 0 bridgehead atoms. The minimum absolute atomic E-state index is 0.217. The molecule has 0 aliphatic heterocycles. The van der Waals surface area contributed by atoms with Crippen LogP contribution in [-0.2, 0) is 12.7 Å². The van der Waals surface area contributed by atoms with E-state index in [-0.39, 0.29) is 6.54 Å². The molecule has 9 heteroatoms. The van der Waals surface area contributed by atoms with Gasteiger partial charge >= 0.3 is 6.18 Å². The summed E-state index contributed by atoms with van der Waals surface area (Å²) in [7, 11) is 0. The van der Waals surface area contributed by atoms with Crippen LogP contribution in [0.5, 0.6) is 0 Å². The quantitative estimate of drug-likeness (QED) is 0.772. The molecule has 0 spiro atoms. The largest absolute Gasteiger partial charge is 0.419 e. The number of alkyl halides is 7. The van der Waals surface area contributed by atoms with Crippen LogP contribution < -0.4 is 0 Å². The highest BCUT2D eigenvalue weighted by atomic mass is 19.4. The molecule has 2 nitrogen and oxygen atoms in total. The molecule has 1 aromatic heterocycles. The number of rotatable bonds is 3. The standard InChI is InChI=1S/C10H9F7N2/c11-8(12)7-6(10(15,16)17)4-19(18-7)3-5-1-9(13,14)2-5/h4-5,8H,1-3H2. The van der Waals surface area contributed by atoms with E-state index in [1.807, 2.05) is 0 Å². The number of hydrogen-bond donors (Lipinski definition) is 0. The van der Waals surface area contributed by atoms with Crippen molar-refractivity contribution in [1.82, 2.24) is 9.78 Å². The van der Waals surface area contributed by atoms with Crippen molar-refractivity contribution in [2.24, 2.45) is 5.92 Å². The van der Waals surface area contributed by atoms with Crippen LogP contribution in [0, 0.1) is 5.92 Å². The topological polar surface area (TPSA) is 17.8 Å². The summed E-state index contributed by atoms with van der Waals surface area (Å²) in [5.74, 6) is -3.35. The van der Waals surface area contributed by atoms with Crippen LogP contribution in [0.25, 0.3) is 0 Å². The number of hydrogen-bond acceptors (Lipinski definition) is 1. The molecule has 1 aliphatic carbocycles. The Hall–Kier alpha value is -1.28. The summed E-state index contributed by atoms with van der Waals surface area (Å²) in [4.78, 5) is 0. The van der Waals surface area contributed by atoms with Crippen LogP contribution in [0.1, 0.15) is 30.5 Å². The maximum atomic E-state index is 12.6. The van der Waals surface area contributed by atoms with Crippen molar-refractivity contribution in [3.05, 3.63) is 17.5 Å². The summed E-state index contributed by atoms with van der Waals surface area (Å²) in [5, 5.41) is 3.15. The summed E-state index contributed by atoms with van der Waals surface area (Å²) >= 11 is 0. The van der Waals surface area contributed by atoms with E-state index in [0.717, 1.165) is 0 Å². The zero-order chi connectivity index (χ0) is 14.4. The molecule has 1 heterocycles. The van der Waals surface area contributed by atoms with Crippen molar-refractivity contribution in [2.45, 2.75) is 37.9 Å². The second-order valence-electron chi connectivity index (χ2n) is 4.58. The lowest BCUT2D eigenvalue weighted by Gasteiger charge is -2.34. The Labute approximate surface area is 103 Å². The minimum Gasteiger partial charge on any atom is -0.271 e. The maximum absolute atomic E-state index is 12.6. The molecule has 0 atom stereocenters. The SMILES string of the molecule is FC(F)c1nn(CC2CC(F)(F)C2)cc1C(F)(F)F. The molecule has 1 fully saturated rings.